The summed E-state index contributed by atoms with van der Waals surface area (Å²) in [6.07, 6.45) is 2.55. The second-order valence-electron chi connectivity index (χ2n) is 6.69. The Hall–Kier alpha value is -1.63. The Morgan fingerprint density at radius 2 is 2.21 bits per heavy atom. The Morgan fingerprint density at radius 3 is 3.08 bits per heavy atom. The number of rotatable bonds is 1. The fourth-order valence-electron chi connectivity index (χ4n) is 4.05. The first-order valence-electron chi connectivity index (χ1n) is 8.32. The number of piperidine rings is 1. The third kappa shape index (κ3) is 2.24. The highest BCUT2D eigenvalue weighted by Crippen LogP contribution is 2.40. The number of halogens is 1. The minimum absolute atomic E-state index is 0.333. The van der Waals surface area contributed by atoms with Crippen LogP contribution >= 0.6 is 22.9 Å². The number of aromatic nitrogens is 2. The van der Waals surface area contributed by atoms with E-state index in [1.807, 2.05) is 12.1 Å². The van der Waals surface area contributed by atoms with Gasteiger partial charge in [0.1, 0.15) is 0 Å². The number of nitrogens with one attached hydrogen (secondary N) is 1. The number of fused-ring (bicyclic) bond motifs is 4. The zero-order valence-electron chi connectivity index (χ0n) is 13.1. The quantitative estimate of drug-likeness (QED) is 0.698. The van der Waals surface area contributed by atoms with Crippen molar-refractivity contribution in [1.29, 1.82) is 0 Å². The molecule has 0 aliphatic carbocycles. The summed E-state index contributed by atoms with van der Waals surface area (Å²) in [5.41, 5.74) is 6.95. The number of anilines is 2. The summed E-state index contributed by atoms with van der Waals surface area (Å²) >= 11 is 7.90. The molecule has 5 nitrogen and oxygen atoms in total. The van der Waals surface area contributed by atoms with Crippen molar-refractivity contribution in [2.75, 3.05) is 30.3 Å². The zero-order chi connectivity index (χ0) is 16.3. The van der Waals surface area contributed by atoms with Crippen molar-refractivity contribution in [3.63, 3.8) is 0 Å². The predicted octanol–water partition coefficient (Wildman–Crippen LogP) is 3.27. The highest BCUT2D eigenvalue weighted by molar-refractivity contribution is 7.26. The van der Waals surface area contributed by atoms with E-state index < -0.39 is 0 Å². The van der Waals surface area contributed by atoms with Crippen molar-refractivity contribution in [2.24, 2.45) is 5.92 Å². The van der Waals surface area contributed by atoms with Gasteiger partial charge in [-0.05, 0) is 43.5 Å². The molecule has 2 atom stereocenters. The molecule has 1 aromatic carbocycles. The van der Waals surface area contributed by atoms with Crippen LogP contribution in [0.1, 0.15) is 12.8 Å². The van der Waals surface area contributed by atoms with Gasteiger partial charge in [0.25, 0.3) is 0 Å². The van der Waals surface area contributed by atoms with Gasteiger partial charge in [0, 0.05) is 34.2 Å². The predicted molar refractivity (Wildman–Crippen MR) is 101 cm³/mol. The molecule has 0 spiro atoms. The van der Waals surface area contributed by atoms with Crippen molar-refractivity contribution >= 4 is 55.0 Å². The molecule has 24 heavy (non-hydrogen) atoms. The third-order valence-corrected chi connectivity index (χ3v) is 6.56. The summed E-state index contributed by atoms with van der Waals surface area (Å²) in [4.78, 5) is 11.5. The number of nitrogens with zero attached hydrogens (tertiary/aromatic N) is 3. The Labute approximate surface area is 148 Å². The molecular weight excluding hydrogens is 342 g/mol. The molecular formula is C17H18ClN5S. The van der Waals surface area contributed by atoms with E-state index in [1.165, 1.54) is 17.5 Å². The van der Waals surface area contributed by atoms with Gasteiger partial charge < -0.3 is 16.0 Å². The number of nitrogen functional groups attached to an aromatic ring is 1. The van der Waals surface area contributed by atoms with Crippen molar-refractivity contribution in [3.8, 4) is 0 Å². The van der Waals surface area contributed by atoms with E-state index in [1.54, 1.807) is 11.3 Å². The van der Waals surface area contributed by atoms with Crippen LogP contribution in [0.5, 0.6) is 0 Å². The van der Waals surface area contributed by atoms with Crippen molar-refractivity contribution in [2.45, 2.75) is 18.9 Å². The maximum absolute atomic E-state index is 6.18. The van der Waals surface area contributed by atoms with E-state index >= 15 is 0 Å². The molecule has 3 N–H and O–H groups in total. The summed E-state index contributed by atoms with van der Waals surface area (Å²) in [5, 5.41) is 5.43. The molecule has 124 valence electrons. The SMILES string of the molecule is Nc1nc(N2CC3CCCNC3C2)c2sc3ccc(Cl)cc3c2n1. The number of hydrogen-bond acceptors (Lipinski definition) is 6. The highest BCUT2D eigenvalue weighted by Gasteiger charge is 2.35. The average Bonchev–Trinajstić information content (AvgIpc) is 3.15. The molecule has 2 saturated heterocycles. The fourth-order valence-corrected chi connectivity index (χ4v) is 5.36. The van der Waals surface area contributed by atoms with E-state index in [2.05, 4.69) is 26.3 Å². The van der Waals surface area contributed by atoms with Crippen LogP contribution < -0.4 is 16.0 Å². The maximum atomic E-state index is 6.18. The number of thiophene rings is 1. The average molecular weight is 360 g/mol. The van der Waals surface area contributed by atoms with Crippen LogP contribution in [0.4, 0.5) is 11.8 Å². The molecule has 0 bridgehead atoms. The molecule has 0 radical (unpaired) electrons. The minimum atomic E-state index is 0.333. The van der Waals surface area contributed by atoms with Crippen LogP contribution in [0.15, 0.2) is 18.2 Å². The van der Waals surface area contributed by atoms with E-state index in [9.17, 15) is 0 Å². The molecule has 3 aromatic rings. The van der Waals surface area contributed by atoms with Crippen LogP contribution in [0.25, 0.3) is 20.3 Å². The van der Waals surface area contributed by atoms with Gasteiger partial charge in [0.2, 0.25) is 5.95 Å². The van der Waals surface area contributed by atoms with Gasteiger partial charge >= 0.3 is 0 Å². The molecule has 4 heterocycles. The first-order valence-corrected chi connectivity index (χ1v) is 9.52. The molecule has 5 rings (SSSR count). The van der Waals surface area contributed by atoms with E-state index in [4.69, 9.17) is 17.3 Å². The van der Waals surface area contributed by atoms with Crippen molar-refractivity contribution < 1.29 is 0 Å². The molecule has 0 saturated carbocycles. The Kier molecular flexibility index (Phi) is 3.33. The summed E-state index contributed by atoms with van der Waals surface area (Å²) in [7, 11) is 0. The Balaban J connectivity index is 1.67. The van der Waals surface area contributed by atoms with Gasteiger partial charge in [0.05, 0.1) is 10.2 Å². The molecule has 2 unspecified atom stereocenters. The summed E-state index contributed by atoms with van der Waals surface area (Å²) in [6.45, 7) is 3.15. The van der Waals surface area contributed by atoms with Gasteiger partial charge in [0.15, 0.2) is 5.82 Å². The zero-order valence-corrected chi connectivity index (χ0v) is 14.7. The smallest absolute Gasteiger partial charge is 0.222 e. The summed E-state index contributed by atoms with van der Waals surface area (Å²) in [6, 6.07) is 6.50. The lowest BCUT2D eigenvalue weighted by Crippen LogP contribution is -2.40. The van der Waals surface area contributed by atoms with Crippen LogP contribution in [0.3, 0.4) is 0 Å². The minimum Gasteiger partial charge on any atom is -0.368 e. The van der Waals surface area contributed by atoms with Gasteiger partial charge in [-0.25, -0.2) is 4.98 Å². The highest BCUT2D eigenvalue weighted by atomic mass is 35.5. The van der Waals surface area contributed by atoms with Gasteiger partial charge in [-0.2, -0.15) is 4.98 Å². The first-order chi connectivity index (χ1) is 11.7. The molecule has 7 heteroatoms. The molecule has 2 aliphatic heterocycles. The lowest BCUT2D eigenvalue weighted by molar-refractivity contribution is 0.340. The monoisotopic (exact) mass is 359 g/mol. The van der Waals surface area contributed by atoms with Crippen LogP contribution in [0, 0.1) is 5.92 Å². The van der Waals surface area contributed by atoms with E-state index in [-0.39, 0.29) is 0 Å². The number of nitrogens with two attached hydrogens (primary N) is 1. The van der Waals surface area contributed by atoms with E-state index in [0.717, 1.165) is 46.1 Å². The lowest BCUT2D eigenvalue weighted by Gasteiger charge is -2.24. The summed E-state index contributed by atoms with van der Waals surface area (Å²) < 4.78 is 2.28. The number of hydrogen-bond donors (Lipinski definition) is 2. The van der Waals surface area contributed by atoms with Crippen molar-refractivity contribution in [3.05, 3.63) is 23.2 Å². The number of benzene rings is 1. The van der Waals surface area contributed by atoms with Gasteiger partial charge in [-0.15, -0.1) is 11.3 Å². The Morgan fingerprint density at radius 1 is 1.29 bits per heavy atom. The fraction of sp³-hybridized carbons (Fsp3) is 0.412. The first kappa shape index (κ1) is 14.7. The second-order valence-corrected chi connectivity index (χ2v) is 8.18. The molecule has 2 fully saturated rings. The lowest BCUT2D eigenvalue weighted by atomic mass is 9.94. The maximum Gasteiger partial charge on any atom is 0.222 e. The van der Waals surface area contributed by atoms with Gasteiger partial charge in [-0.3, -0.25) is 0 Å². The third-order valence-electron chi connectivity index (χ3n) is 5.17. The topological polar surface area (TPSA) is 67.1 Å². The largest absolute Gasteiger partial charge is 0.368 e. The standard InChI is InChI=1S/C17H18ClN5S/c18-10-3-4-13-11(6-10)14-15(24-13)16(22-17(19)21-14)23-7-9-2-1-5-20-12(9)8-23/h3-4,6,9,12,20H,1-2,5,7-8H2,(H2,19,21,22). The summed E-state index contributed by atoms with van der Waals surface area (Å²) in [5.74, 6) is 2.01. The van der Waals surface area contributed by atoms with Crippen molar-refractivity contribution in [1.82, 2.24) is 15.3 Å². The molecule has 0 amide bonds. The second kappa shape index (κ2) is 5.44. The molecule has 2 aromatic heterocycles. The van der Waals surface area contributed by atoms with Crippen LogP contribution in [-0.2, 0) is 0 Å². The normalized spacial score (nSPS) is 24.0. The van der Waals surface area contributed by atoms with Gasteiger partial charge in [-0.1, -0.05) is 11.6 Å². The van der Waals surface area contributed by atoms with Crippen LogP contribution in [0.2, 0.25) is 5.02 Å². The Bertz CT molecular complexity index is 926. The molecule has 2 aliphatic rings. The van der Waals surface area contributed by atoms with Crippen LogP contribution in [-0.4, -0.2) is 35.6 Å². The van der Waals surface area contributed by atoms with E-state index in [0.29, 0.717) is 17.9 Å².